The van der Waals surface area contributed by atoms with E-state index in [9.17, 15) is 19.6 Å². The van der Waals surface area contributed by atoms with Crippen molar-refractivity contribution < 1.29 is 19.1 Å². The number of nitrogens with one attached hydrogen (secondary N) is 1. The molecule has 0 radical (unpaired) electrons. The molecule has 10 nitrogen and oxygen atoms in total. The average molecular weight is 505 g/mol. The number of hydrogen-bond acceptors (Lipinski definition) is 6. The molecule has 2 bridgehead atoms. The summed E-state index contributed by atoms with van der Waals surface area (Å²) >= 11 is 0. The van der Waals surface area contributed by atoms with Gasteiger partial charge in [-0.05, 0) is 51.5 Å². The van der Waals surface area contributed by atoms with Gasteiger partial charge in [0.2, 0.25) is 11.8 Å². The summed E-state index contributed by atoms with van der Waals surface area (Å²) in [5.74, 6) is 0.0618. The molecule has 4 aliphatic rings. The van der Waals surface area contributed by atoms with Crippen LogP contribution in [0.15, 0.2) is 24.3 Å². The average Bonchev–Trinajstić information content (AvgIpc) is 3.17. The number of nitrogens with zero attached hydrogens (tertiary/aromatic N) is 5. The third-order valence-electron chi connectivity index (χ3n) is 7.70. The Morgan fingerprint density at radius 1 is 1.30 bits per heavy atom. The highest BCUT2D eigenvalue weighted by Crippen LogP contribution is 2.48. The zero-order chi connectivity index (χ0) is 26.5. The summed E-state index contributed by atoms with van der Waals surface area (Å²) in [4.78, 5) is 48.5. The van der Waals surface area contributed by atoms with Gasteiger partial charge in [0.15, 0.2) is 5.69 Å². The highest BCUT2D eigenvalue weighted by molar-refractivity contribution is 5.88. The quantitative estimate of drug-likeness (QED) is 0.596. The first-order chi connectivity index (χ1) is 17.6. The molecule has 4 fully saturated rings. The van der Waals surface area contributed by atoms with E-state index in [1.54, 1.807) is 37.8 Å². The van der Waals surface area contributed by atoms with Gasteiger partial charge < -0.3 is 19.9 Å². The SMILES string of the molecule is [C-]#[N+]c1cccc(CN2C(=O)[C@@H]3C[C@H]2CN3C[C@H](NC(=O)OC(C)(C)C)C(=O)N2[C@H](C#N)C[C@@H]3C[C@@H]32)c1. The van der Waals surface area contributed by atoms with Crippen molar-refractivity contribution in [1.82, 2.24) is 20.0 Å². The Morgan fingerprint density at radius 2 is 2.08 bits per heavy atom. The van der Waals surface area contributed by atoms with E-state index in [0.717, 1.165) is 12.0 Å². The van der Waals surface area contributed by atoms with E-state index < -0.39 is 23.8 Å². The van der Waals surface area contributed by atoms with E-state index in [0.29, 0.717) is 37.5 Å². The highest BCUT2D eigenvalue weighted by Gasteiger charge is 2.56. The lowest BCUT2D eigenvalue weighted by Crippen LogP contribution is -2.59. The smallest absolute Gasteiger partial charge is 0.408 e. The normalized spacial score (nSPS) is 28.9. The number of ether oxygens (including phenoxy) is 1. The fourth-order valence-electron chi connectivity index (χ4n) is 6.00. The molecule has 0 aromatic heterocycles. The van der Waals surface area contributed by atoms with Gasteiger partial charge in [0.05, 0.1) is 18.7 Å². The van der Waals surface area contributed by atoms with Crippen LogP contribution in [-0.4, -0.2) is 81.5 Å². The van der Waals surface area contributed by atoms with E-state index in [2.05, 4.69) is 16.2 Å². The first-order valence-corrected chi connectivity index (χ1v) is 12.8. The summed E-state index contributed by atoms with van der Waals surface area (Å²) in [6, 6.07) is 7.79. The predicted molar refractivity (Wildman–Crippen MR) is 133 cm³/mol. The molecule has 1 N–H and O–H groups in total. The highest BCUT2D eigenvalue weighted by atomic mass is 16.6. The number of likely N-dealkylation sites (tertiary alicyclic amines) is 3. The van der Waals surface area contributed by atoms with Crippen LogP contribution in [0, 0.1) is 23.8 Å². The maximum Gasteiger partial charge on any atom is 0.408 e. The number of alkyl carbamates (subject to hydrolysis) is 1. The summed E-state index contributed by atoms with van der Waals surface area (Å²) in [7, 11) is 0. The van der Waals surface area contributed by atoms with Crippen LogP contribution in [-0.2, 0) is 20.9 Å². The number of rotatable bonds is 6. The number of benzene rings is 1. The molecule has 5 rings (SSSR count). The van der Waals surface area contributed by atoms with Gasteiger partial charge in [0.25, 0.3) is 0 Å². The minimum Gasteiger partial charge on any atom is -0.444 e. The van der Waals surface area contributed by atoms with Crippen LogP contribution in [0.5, 0.6) is 0 Å². The Hall–Kier alpha value is -3.63. The third-order valence-corrected chi connectivity index (χ3v) is 7.70. The van der Waals surface area contributed by atoms with Crippen molar-refractivity contribution in [3.63, 3.8) is 0 Å². The Balaban J connectivity index is 1.29. The van der Waals surface area contributed by atoms with Crippen molar-refractivity contribution in [3.05, 3.63) is 41.2 Å². The van der Waals surface area contributed by atoms with Gasteiger partial charge in [-0.2, -0.15) is 5.26 Å². The molecule has 3 heterocycles. The van der Waals surface area contributed by atoms with Crippen LogP contribution in [0.3, 0.4) is 0 Å². The van der Waals surface area contributed by atoms with Gasteiger partial charge in [-0.25, -0.2) is 9.64 Å². The lowest BCUT2D eigenvalue weighted by atomic mass is 10.1. The van der Waals surface area contributed by atoms with Crippen LogP contribution in [0.2, 0.25) is 0 Å². The summed E-state index contributed by atoms with van der Waals surface area (Å²) in [6.07, 6.45) is 1.52. The van der Waals surface area contributed by atoms with Crippen molar-refractivity contribution in [2.45, 2.75) is 82.4 Å². The van der Waals surface area contributed by atoms with Crippen LogP contribution in [0.25, 0.3) is 4.85 Å². The standard InChI is InChI=1S/C27H32N6O4/c1-27(2,3)37-26(36)30-21(24(34)33-19(12-28)9-17-10-22(17)33)15-31-14-20-11-23(31)25(35)32(20)13-16-6-5-7-18(8-16)29-4/h5-8,17,19-23H,9-11,13-15H2,1-3H3,(H,30,36)/t17-,19+,20+,21+,22+,23+/m1/s1. The third kappa shape index (κ3) is 4.99. The monoisotopic (exact) mass is 504 g/mol. The van der Waals surface area contributed by atoms with Gasteiger partial charge in [-0.15, -0.1) is 0 Å². The molecule has 3 aliphatic heterocycles. The van der Waals surface area contributed by atoms with E-state index in [4.69, 9.17) is 11.3 Å². The number of fused-ring (bicyclic) bond motifs is 3. The van der Waals surface area contributed by atoms with E-state index in [1.807, 2.05) is 21.9 Å². The zero-order valence-corrected chi connectivity index (χ0v) is 21.4. The van der Waals surface area contributed by atoms with Gasteiger partial charge in [-0.3, -0.25) is 14.5 Å². The topological polar surface area (TPSA) is 110 Å². The van der Waals surface area contributed by atoms with Crippen molar-refractivity contribution in [1.29, 1.82) is 5.26 Å². The number of hydrogen-bond donors (Lipinski definition) is 1. The number of amides is 3. The first kappa shape index (κ1) is 25.0. The number of piperazine rings is 1. The van der Waals surface area contributed by atoms with Crippen LogP contribution >= 0.6 is 0 Å². The summed E-state index contributed by atoms with van der Waals surface area (Å²) < 4.78 is 5.42. The van der Waals surface area contributed by atoms with Gasteiger partial charge >= 0.3 is 6.09 Å². The zero-order valence-electron chi connectivity index (χ0n) is 21.4. The van der Waals surface area contributed by atoms with Crippen LogP contribution in [0.1, 0.15) is 45.6 Å². The van der Waals surface area contributed by atoms with Crippen molar-refractivity contribution in [2.24, 2.45) is 5.92 Å². The molecular formula is C27H32N6O4. The number of carbonyl (C=O) groups is 3. The largest absolute Gasteiger partial charge is 0.444 e. The molecule has 3 saturated heterocycles. The van der Waals surface area contributed by atoms with Gasteiger partial charge in [-0.1, -0.05) is 24.3 Å². The number of piperidine rings is 1. The molecule has 3 amide bonds. The summed E-state index contributed by atoms with van der Waals surface area (Å²) in [5.41, 5.74) is 0.729. The minimum absolute atomic E-state index is 0.00201. The van der Waals surface area contributed by atoms with E-state index in [-0.39, 0.29) is 36.5 Å². The van der Waals surface area contributed by atoms with Gasteiger partial charge in [0, 0.05) is 31.7 Å². The van der Waals surface area contributed by atoms with Crippen LogP contribution in [0.4, 0.5) is 10.5 Å². The molecule has 1 aliphatic carbocycles. The summed E-state index contributed by atoms with van der Waals surface area (Å²) in [6.45, 7) is 13.7. The second-order valence-electron chi connectivity index (χ2n) is 11.5. The predicted octanol–water partition coefficient (Wildman–Crippen LogP) is 2.43. The van der Waals surface area contributed by atoms with Gasteiger partial charge in [0.1, 0.15) is 17.7 Å². The second-order valence-corrected chi connectivity index (χ2v) is 11.5. The maximum absolute atomic E-state index is 13.7. The molecule has 37 heavy (non-hydrogen) atoms. The lowest BCUT2D eigenvalue weighted by molar-refractivity contribution is -0.140. The number of carbonyl (C=O) groups excluding carboxylic acids is 3. The fraction of sp³-hybridized carbons (Fsp3) is 0.593. The Bertz CT molecular complexity index is 1200. The van der Waals surface area contributed by atoms with Crippen molar-refractivity contribution in [3.8, 4) is 6.07 Å². The molecule has 194 valence electrons. The molecule has 10 heteroatoms. The van der Waals surface area contributed by atoms with E-state index >= 15 is 0 Å². The second kappa shape index (κ2) is 9.35. The molecule has 1 aromatic carbocycles. The fourth-order valence-corrected chi connectivity index (χ4v) is 6.00. The Labute approximate surface area is 216 Å². The number of nitriles is 1. The Morgan fingerprint density at radius 3 is 2.76 bits per heavy atom. The molecule has 6 atom stereocenters. The molecule has 1 saturated carbocycles. The Kier molecular flexibility index (Phi) is 6.33. The molecule has 1 aromatic rings. The molecule has 0 unspecified atom stereocenters. The minimum atomic E-state index is -0.916. The van der Waals surface area contributed by atoms with Crippen molar-refractivity contribution in [2.75, 3.05) is 13.1 Å². The maximum atomic E-state index is 13.7. The lowest BCUT2D eigenvalue weighted by Gasteiger charge is -2.37. The van der Waals surface area contributed by atoms with Crippen molar-refractivity contribution >= 4 is 23.6 Å². The molecular weight excluding hydrogens is 472 g/mol. The summed E-state index contributed by atoms with van der Waals surface area (Å²) in [5, 5.41) is 12.3. The first-order valence-electron chi connectivity index (χ1n) is 12.8. The van der Waals surface area contributed by atoms with E-state index in [1.165, 1.54) is 0 Å². The van der Waals surface area contributed by atoms with Crippen LogP contribution < -0.4 is 5.32 Å². The molecule has 0 spiro atoms.